The van der Waals surface area contributed by atoms with Crippen LogP contribution < -0.4 is 0 Å². The van der Waals surface area contributed by atoms with E-state index >= 15 is 0 Å². The van der Waals surface area contributed by atoms with Gasteiger partial charge in [0.25, 0.3) is 0 Å². The first kappa shape index (κ1) is 10.2. The maximum Gasteiger partial charge on any atom is 0.312 e. The molecular weight excluding hydrogens is 192 g/mol. The first-order valence-corrected chi connectivity index (χ1v) is 5.42. The SMILES string of the molecule is CCc1nc2c(n1C)CCCC2C(=O)O. The summed E-state index contributed by atoms with van der Waals surface area (Å²) in [6, 6.07) is 0. The van der Waals surface area contributed by atoms with Gasteiger partial charge in [0.05, 0.1) is 5.69 Å². The third kappa shape index (κ3) is 1.54. The van der Waals surface area contributed by atoms with Gasteiger partial charge >= 0.3 is 5.97 Å². The van der Waals surface area contributed by atoms with Crippen LogP contribution in [0.15, 0.2) is 0 Å². The number of imidazole rings is 1. The van der Waals surface area contributed by atoms with Crippen LogP contribution in [0.25, 0.3) is 0 Å². The molecule has 2 rings (SSSR count). The molecule has 4 nitrogen and oxygen atoms in total. The molecule has 0 saturated heterocycles. The number of carboxylic acids is 1. The molecule has 1 aromatic rings. The van der Waals surface area contributed by atoms with E-state index in [-0.39, 0.29) is 5.92 Å². The van der Waals surface area contributed by atoms with Crippen LogP contribution in [-0.4, -0.2) is 20.6 Å². The maximum atomic E-state index is 11.1. The van der Waals surface area contributed by atoms with Crippen LogP contribution in [0.3, 0.4) is 0 Å². The molecule has 1 aliphatic carbocycles. The Balaban J connectivity index is 2.48. The van der Waals surface area contributed by atoms with Crippen molar-refractivity contribution in [2.45, 2.75) is 38.5 Å². The molecule has 0 saturated carbocycles. The van der Waals surface area contributed by atoms with Gasteiger partial charge in [-0.15, -0.1) is 0 Å². The summed E-state index contributed by atoms with van der Waals surface area (Å²) in [5, 5.41) is 9.11. The maximum absolute atomic E-state index is 11.1. The average molecular weight is 208 g/mol. The van der Waals surface area contributed by atoms with Crippen molar-refractivity contribution in [3.63, 3.8) is 0 Å². The van der Waals surface area contributed by atoms with Crippen molar-refractivity contribution in [1.29, 1.82) is 0 Å². The lowest BCUT2D eigenvalue weighted by Gasteiger charge is -2.18. The highest BCUT2D eigenvalue weighted by Gasteiger charge is 2.30. The van der Waals surface area contributed by atoms with Crippen molar-refractivity contribution in [2.24, 2.45) is 7.05 Å². The first-order valence-electron chi connectivity index (χ1n) is 5.42. The number of hydrogen-bond donors (Lipinski definition) is 1. The molecule has 4 heteroatoms. The van der Waals surface area contributed by atoms with Gasteiger partial charge in [0.15, 0.2) is 0 Å². The van der Waals surface area contributed by atoms with E-state index < -0.39 is 5.97 Å². The number of carboxylic acid groups (broad SMARTS) is 1. The molecule has 1 heterocycles. The third-order valence-electron chi connectivity index (χ3n) is 3.19. The van der Waals surface area contributed by atoms with Crippen molar-refractivity contribution in [3.8, 4) is 0 Å². The molecular formula is C11H16N2O2. The van der Waals surface area contributed by atoms with Gasteiger partial charge in [0.2, 0.25) is 0 Å². The summed E-state index contributed by atoms with van der Waals surface area (Å²) in [7, 11) is 1.98. The molecule has 1 N–H and O–H groups in total. The van der Waals surface area contributed by atoms with E-state index in [1.165, 1.54) is 0 Å². The van der Waals surface area contributed by atoms with E-state index in [0.717, 1.165) is 42.9 Å². The Morgan fingerprint density at radius 1 is 1.67 bits per heavy atom. The molecule has 1 atom stereocenters. The van der Waals surface area contributed by atoms with E-state index in [1.54, 1.807) is 0 Å². The van der Waals surface area contributed by atoms with E-state index in [4.69, 9.17) is 5.11 Å². The van der Waals surface area contributed by atoms with Gasteiger partial charge in [0.1, 0.15) is 11.7 Å². The van der Waals surface area contributed by atoms with Crippen LogP contribution in [0.4, 0.5) is 0 Å². The van der Waals surface area contributed by atoms with Crippen molar-refractivity contribution in [2.75, 3.05) is 0 Å². The summed E-state index contributed by atoms with van der Waals surface area (Å²) in [4.78, 5) is 15.5. The molecule has 0 bridgehead atoms. The van der Waals surface area contributed by atoms with Crippen LogP contribution in [0, 0.1) is 0 Å². The molecule has 1 aromatic heterocycles. The Bertz CT molecular complexity index is 396. The smallest absolute Gasteiger partial charge is 0.312 e. The van der Waals surface area contributed by atoms with Crippen molar-refractivity contribution < 1.29 is 9.90 Å². The zero-order chi connectivity index (χ0) is 11.0. The fourth-order valence-corrected chi connectivity index (χ4v) is 2.35. The lowest BCUT2D eigenvalue weighted by molar-refractivity contribution is -0.139. The number of aliphatic carboxylic acids is 1. The summed E-state index contributed by atoms with van der Waals surface area (Å²) in [6.45, 7) is 2.05. The minimum atomic E-state index is -0.739. The Morgan fingerprint density at radius 2 is 2.40 bits per heavy atom. The highest BCUT2D eigenvalue weighted by molar-refractivity contribution is 5.76. The number of hydrogen-bond acceptors (Lipinski definition) is 2. The molecule has 0 aliphatic heterocycles. The second-order valence-corrected chi connectivity index (χ2v) is 4.06. The topological polar surface area (TPSA) is 55.1 Å². The minimum Gasteiger partial charge on any atom is -0.481 e. The van der Waals surface area contributed by atoms with Crippen LogP contribution in [-0.2, 0) is 24.7 Å². The van der Waals surface area contributed by atoms with Crippen LogP contribution in [0.1, 0.15) is 42.9 Å². The van der Waals surface area contributed by atoms with Gasteiger partial charge < -0.3 is 9.67 Å². The van der Waals surface area contributed by atoms with Crippen molar-refractivity contribution in [1.82, 2.24) is 9.55 Å². The lowest BCUT2D eigenvalue weighted by Crippen LogP contribution is -2.18. The standard InChI is InChI=1S/C11H16N2O2/c1-3-9-12-10-7(11(14)15)5-4-6-8(10)13(9)2/h7H,3-6H2,1-2H3,(H,14,15). The fourth-order valence-electron chi connectivity index (χ4n) is 2.35. The highest BCUT2D eigenvalue weighted by Crippen LogP contribution is 2.31. The average Bonchev–Trinajstić information content (AvgIpc) is 2.55. The number of rotatable bonds is 2. The third-order valence-corrected chi connectivity index (χ3v) is 3.19. The van der Waals surface area contributed by atoms with Crippen LogP contribution in [0.5, 0.6) is 0 Å². The summed E-state index contributed by atoms with van der Waals surface area (Å²) in [6.07, 6.45) is 3.49. The molecule has 0 spiro atoms. The zero-order valence-electron chi connectivity index (χ0n) is 9.16. The van der Waals surface area contributed by atoms with Gasteiger partial charge in [0, 0.05) is 19.2 Å². The highest BCUT2D eigenvalue weighted by atomic mass is 16.4. The number of fused-ring (bicyclic) bond motifs is 1. The van der Waals surface area contributed by atoms with Gasteiger partial charge in [-0.3, -0.25) is 4.79 Å². The zero-order valence-corrected chi connectivity index (χ0v) is 9.16. The fraction of sp³-hybridized carbons (Fsp3) is 0.636. The predicted octanol–water partition coefficient (Wildman–Crippen LogP) is 1.49. The number of aromatic nitrogens is 2. The molecule has 1 unspecified atom stereocenters. The predicted molar refractivity (Wildman–Crippen MR) is 55.9 cm³/mol. The largest absolute Gasteiger partial charge is 0.481 e. The Morgan fingerprint density at radius 3 is 3.00 bits per heavy atom. The summed E-state index contributed by atoms with van der Waals surface area (Å²) >= 11 is 0. The van der Waals surface area contributed by atoms with Crippen molar-refractivity contribution in [3.05, 3.63) is 17.2 Å². The summed E-state index contributed by atoms with van der Waals surface area (Å²) in [5.74, 6) is -0.134. The van der Waals surface area contributed by atoms with E-state index in [9.17, 15) is 4.79 Å². The molecule has 82 valence electrons. The second-order valence-electron chi connectivity index (χ2n) is 4.06. The summed E-state index contributed by atoms with van der Waals surface area (Å²) in [5.41, 5.74) is 1.92. The van der Waals surface area contributed by atoms with Crippen LogP contribution >= 0.6 is 0 Å². The second kappa shape index (κ2) is 3.68. The van der Waals surface area contributed by atoms with Gasteiger partial charge in [-0.25, -0.2) is 4.98 Å². The molecule has 0 fully saturated rings. The van der Waals surface area contributed by atoms with E-state index in [2.05, 4.69) is 9.55 Å². The molecule has 0 radical (unpaired) electrons. The first-order chi connectivity index (χ1) is 7.15. The minimum absolute atomic E-state index is 0.389. The number of aryl methyl sites for hydroxylation is 1. The Hall–Kier alpha value is -1.32. The van der Waals surface area contributed by atoms with Gasteiger partial charge in [-0.05, 0) is 19.3 Å². The summed E-state index contributed by atoms with van der Waals surface area (Å²) < 4.78 is 2.06. The Labute approximate surface area is 88.9 Å². The van der Waals surface area contributed by atoms with Gasteiger partial charge in [-0.1, -0.05) is 6.92 Å². The van der Waals surface area contributed by atoms with E-state index in [1.807, 2.05) is 14.0 Å². The Kier molecular flexibility index (Phi) is 2.50. The molecule has 1 aliphatic rings. The quantitative estimate of drug-likeness (QED) is 0.801. The molecule has 0 amide bonds. The number of nitrogens with zero attached hydrogens (tertiary/aromatic N) is 2. The van der Waals surface area contributed by atoms with Crippen molar-refractivity contribution >= 4 is 5.97 Å². The normalized spacial score (nSPS) is 20.0. The van der Waals surface area contributed by atoms with Crippen LogP contribution in [0.2, 0.25) is 0 Å². The van der Waals surface area contributed by atoms with Gasteiger partial charge in [-0.2, -0.15) is 0 Å². The molecule has 0 aromatic carbocycles. The van der Waals surface area contributed by atoms with E-state index in [0.29, 0.717) is 0 Å². The molecule has 15 heavy (non-hydrogen) atoms. The monoisotopic (exact) mass is 208 g/mol. The number of carbonyl (C=O) groups is 1. The lowest BCUT2D eigenvalue weighted by atomic mass is 9.90.